The molecule has 0 aromatic heterocycles. The molecule has 1 N–H and O–H groups in total. The fourth-order valence-electron chi connectivity index (χ4n) is 3.43. The van der Waals surface area contributed by atoms with Crippen LogP contribution in [-0.2, 0) is 0 Å². The molecule has 1 aliphatic carbocycles. The quantitative estimate of drug-likeness (QED) is 0.523. The number of thioether (sulfide) groups is 1. The lowest BCUT2D eigenvalue weighted by Crippen LogP contribution is -2.37. The molecule has 1 aromatic rings. The Morgan fingerprint density at radius 3 is 2.81 bits per heavy atom. The van der Waals surface area contributed by atoms with Crippen molar-refractivity contribution in [2.75, 3.05) is 11.1 Å². The first-order chi connectivity index (χ1) is 10.1. The van der Waals surface area contributed by atoms with Gasteiger partial charge in [0.1, 0.15) is 0 Å². The summed E-state index contributed by atoms with van der Waals surface area (Å²) in [4.78, 5) is 1.35. The van der Waals surface area contributed by atoms with Gasteiger partial charge in [-0.05, 0) is 42.7 Å². The molecule has 1 nitrogen and oxygen atoms in total. The summed E-state index contributed by atoms with van der Waals surface area (Å²) in [7, 11) is 0. The van der Waals surface area contributed by atoms with E-state index in [0.717, 1.165) is 23.5 Å². The third-order valence-corrected chi connectivity index (χ3v) is 5.68. The van der Waals surface area contributed by atoms with E-state index < -0.39 is 0 Å². The van der Waals surface area contributed by atoms with Gasteiger partial charge in [-0.15, -0.1) is 18.3 Å². The van der Waals surface area contributed by atoms with Crippen molar-refractivity contribution >= 4 is 17.4 Å². The SMILES string of the molecule is C=CCSc1ccccc1NC1CC(C)CCC1C(C)C. The van der Waals surface area contributed by atoms with Gasteiger partial charge in [0.05, 0.1) is 0 Å². The lowest BCUT2D eigenvalue weighted by molar-refractivity contribution is 0.212. The third kappa shape index (κ3) is 4.54. The van der Waals surface area contributed by atoms with Gasteiger partial charge in [0.15, 0.2) is 0 Å². The fourth-order valence-corrected chi connectivity index (χ4v) is 4.18. The normalized spacial score (nSPS) is 25.8. The Bertz CT molecular complexity index is 455. The first-order valence-electron chi connectivity index (χ1n) is 8.21. The first kappa shape index (κ1) is 16.5. The van der Waals surface area contributed by atoms with Crippen LogP contribution >= 0.6 is 11.8 Å². The zero-order valence-electron chi connectivity index (χ0n) is 13.6. The zero-order chi connectivity index (χ0) is 15.2. The van der Waals surface area contributed by atoms with Crippen LogP contribution in [0.5, 0.6) is 0 Å². The third-order valence-electron chi connectivity index (χ3n) is 4.61. The van der Waals surface area contributed by atoms with Crippen molar-refractivity contribution in [2.45, 2.75) is 51.0 Å². The maximum atomic E-state index is 3.87. The molecule has 2 rings (SSSR count). The maximum Gasteiger partial charge on any atom is 0.0480 e. The molecule has 0 aliphatic heterocycles. The van der Waals surface area contributed by atoms with E-state index in [4.69, 9.17) is 0 Å². The first-order valence-corrected chi connectivity index (χ1v) is 9.19. The lowest BCUT2D eigenvalue weighted by Gasteiger charge is -2.38. The summed E-state index contributed by atoms with van der Waals surface area (Å²) in [5.41, 5.74) is 1.30. The van der Waals surface area contributed by atoms with Crippen LogP contribution < -0.4 is 5.32 Å². The van der Waals surface area contributed by atoms with Crippen LogP contribution in [0.4, 0.5) is 5.69 Å². The molecule has 1 aromatic carbocycles. The smallest absolute Gasteiger partial charge is 0.0480 e. The molecule has 0 heterocycles. The number of anilines is 1. The van der Waals surface area contributed by atoms with Crippen molar-refractivity contribution in [1.29, 1.82) is 0 Å². The number of rotatable bonds is 6. The van der Waals surface area contributed by atoms with Crippen molar-refractivity contribution in [1.82, 2.24) is 0 Å². The second-order valence-electron chi connectivity index (χ2n) is 6.67. The van der Waals surface area contributed by atoms with Crippen LogP contribution in [-0.4, -0.2) is 11.8 Å². The summed E-state index contributed by atoms with van der Waals surface area (Å²) in [6.45, 7) is 11.0. The summed E-state index contributed by atoms with van der Waals surface area (Å²) in [5.74, 6) is 3.35. The lowest BCUT2D eigenvalue weighted by atomic mass is 9.74. The van der Waals surface area contributed by atoms with E-state index in [9.17, 15) is 0 Å². The summed E-state index contributed by atoms with van der Waals surface area (Å²) in [6, 6.07) is 9.31. The van der Waals surface area contributed by atoms with Gasteiger partial charge < -0.3 is 5.32 Å². The zero-order valence-corrected chi connectivity index (χ0v) is 14.5. The van der Waals surface area contributed by atoms with Crippen molar-refractivity contribution in [3.63, 3.8) is 0 Å². The van der Waals surface area contributed by atoms with Gasteiger partial charge in [0.2, 0.25) is 0 Å². The van der Waals surface area contributed by atoms with Gasteiger partial charge in [-0.25, -0.2) is 0 Å². The van der Waals surface area contributed by atoms with Crippen LogP contribution in [0.1, 0.15) is 40.0 Å². The highest BCUT2D eigenvalue weighted by Gasteiger charge is 2.30. The van der Waals surface area contributed by atoms with E-state index in [1.807, 2.05) is 17.8 Å². The Hall–Kier alpha value is -0.890. The molecule has 1 fully saturated rings. The van der Waals surface area contributed by atoms with E-state index in [-0.39, 0.29) is 0 Å². The average molecular weight is 304 g/mol. The molecule has 0 spiro atoms. The minimum absolute atomic E-state index is 0.610. The predicted molar refractivity (Wildman–Crippen MR) is 96.1 cm³/mol. The Morgan fingerprint density at radius 2 is 2.10 bits per heavy atom. The maximum absolute atomic E-state index is 3.87. The van der Waals surface area contributed by atoms with E-state index in [1.54, 1.807) is 0 Å². The standard InChI is InChI=1S/C19H29NS/c1-5-12-21-19-9-7-6-8-17(19)20-18-13-15(4)10-11-16(18)14(2)3/h5-9,14-16,18,20H,1,10-13H2,2-4H3. The molecule has 0 amide bonds. The van der Waals surface area contributed by atoms with Crippen molar-refractivity contribution in [3.05, 3.63) is 36.9 Å². The highest BCUT2D eigenvalue weighted by atomic mass is 32.2. The van der Waals surface area contributed by atoms with Crippen LogP contribution in [0.25, 0.3) is 0 Å². The molecule has 2 heteroatoms. The van der Waals surface area contributed by atoms with Crippen LogP contribution in [0.2, 0.25) is 0 Å². The Balaban J connectivity index is 2.12. The van der Waals surface area contributed by atoms with Gasteiger partial charge in [-0.3, -0.25) is 0 Å². The molecule has 1 saturated carbocycles. The molecule has 3 unspecified atom stereocenters. The highest BCUT2D eigenvalue weighted by Crippen LogP contribution is 2.37. The van der Waals surface area contributed by atoms with E-state index in [0.29, 0.717) is 6.04 Å². The molecule has 1 aliphatic rings. The van der Waals surface area contributed by atoms with Gasteiger partial charge in [0, 0.05) is 22.4 Å². The average Bonchev–Trinajstić information content (AvgIpc) is 2.46. The van der Waals surface area contributed by atoms with E-state index >= 15 is 0 Å². The van der Waals surface area contributed by atoms with Crippen molar-refractivity contribution in [2.24, 2.45) is 17.8 Å². The molecule has 21 heavy (non-hydrogen) atoms. The van der Waals surface area contributed by atoms with Gasteiger partial charge in [-0.1, -0.05) is 45.4 Å². The van der Waals surface area contributed by atoms with Crippen LogP contribution in [0.15, 0.2) is 41.8 Å². The van der Waals surface area contributed by atoms with Gasteiger partial charge >= 0.3 is 0 Å². The fraction of sp³-hybridized carbons (Fsp3) is 0.579. The van der Waals surface area contributed by atoms with E-state index in [1.165, 1.54) is 29.8 Å². The summed E-state index contributed by atoms with van der Waals surface area (Å²) in [6.07, 6.45) is 6.01. The monoisotopic (exact) mass is 303 g/mol. The number of para-hydroxylation sites is 1. The van der Waals surface area contributed by atoms with Gasteiger partial charge in [-0.2, -0.15) is 0 Å². The van der Waals surface area contributed by atoms with E-state index in [2.05, 4.69) is 56.9 Å². The Kier molecular flexibility index (Phi) is 6.22. The molecule has 0 radical (unpaired) electrons. The number of nitrogens with one attached hydrogen (secondary N) is 1. The topological polar surface area (TPSA) is 12.0 Å². The second-order valence-corrected chi connectivity index (χ2v) is 7.73. The highest BCUT2D eigenvalue weighted by molar-refractivity contribution is 7.99. The molecule has 3 atom stereocenters. The number of hydrogen-bond donors (Lipinski definition) is 1. The molecule has 0 saturated heterocycles. The molecule has 0 bridgehead atoms. The minimum Gasteiger partial charge on any atom is -0.381 e. The molecular formula is C19H29NS. The summed E-state index contributed by atoms with van der Waals surface area (Å²) < 4.78 is 0. The number of benzene rings is 1. The Morgan fingerprint density at radius 1 is 1.33 bits per heavy atom. The van der Waals surface area contributed by atoms with Crippen LogP contribution in [0.3, 0.4) is 0 Å². The van der Waals surface area contributed by atoms with Crippen LogP contribution in [0, 0.1) is 17.8 Å². The summed E-state index contributed by atoms with van der Waals surface area (Å²) in [5, 5.41) is 3.87. The van der Waals surface area contributed by atoms with Crippen molar-refractivity contribution in [3.8, 4) is 0 Å². The largest absolute Gasteiger partial charge is 0.381 e. The second kappa shape index (κ2) is 7.93. The minimum atomic E-state index is 0.610. The summed E-state index contributed by atoms with van der Waals surface area (Å²) >= 11 is 1.87. The van der Waals surface area contributed by atoms with Crippen molar-refractivity contribution < 1.29 is 0 Å². The molecule has 116 valence electrons. The van der Waals surface area contributed by atoms with Gasteiger partial charge in [0.25, 0.3) is 0 Å². The number of hydrogen-bond acceptors (Lipinski definition) is 2. The predicted octanol–water partition coefficient (Wildman–Crippen LogP) is 5.84. The Labute approximate surface area is 134 Å². The molecular weight excluding hydrogens is 274 g/mol.